The maximum Gasteiger partial charge on any atom is 0.491 e. The van der Waals surface area contributed by atoms with E-state index in [1.54, 1.807) is 13.0 Å². The summed E-state index contributed by atoms with van der Waals surface area (Å²) < 4.78 is 5.15. The van der Waals surface area contributed by atoms with E-state index in [-0.39, 0.29) is 29.0 Å². The molecular formula is C30H30BN3O11. The molecule has 6 atom stereocenters. The van der Waals surface area contributed by atoms with Gasteiger partial charge in [-0.25, -0.2) is 0 Å². The number of carbonyl (C=O) groups is 4. The highest BCUT2D eigenvalue weighted by molar-refractivity contribution is 6.61. The number of primary amides is 1. The number of nitrogens with one attached hydrogen (secondary N) is 1. The van der Waals surface area contributed by atoms with Crippen molar-refractivity contribution >= 4 is 47.4 Å². The van der Waals surface area contributed by atoms with E-state index in [1.165, 1.54) is 43.3 Å². The van der Waals surface area contributed by atoms with Crippen LogP contribution in [0.2, 0.25) is 0 Å². The number of hydrogen-bond donors (Lipinski definition) is 8. The molecule has 45 heavy (non-hydrogen) atoms. The van der Waals surface area contributed by atoms with Crippen molar-refractivity contribution in [1.29, 1.82) is 0 Å². The number of benzene rings is 2. The highest BCUT2D eigenvalue weighted by Crippen LogP contribution is 2.56. The zero-order chi connectivity index (χ0) is 32.9. The van der Waals surface area contributed by atoms with Crippen LogP contribution >= 0.6 is 0 Å². The van der Waals surface area contributed by atoms with Crippen LogP contribution in [0.3, 0.4) is 0 Å². The summed E-state index contributed by atoms with van der Waals surface area (Å²) in [6, 6.07) is 5.98. The lowest BCUT2D eigenvalue weighted by atomic mass is 9.54. The lowest BCUT2D eigenvalue weighted by Gasteiger charge is -2.53. The third kappa shape index (κ3) is 4.08. The molecule has 4 aliphatic rings. The van der Waals surface area contributed by atoms with Gasteiger partial charge >= 0.3 is 7.12 Å². The van der Waals surface area contributed by atoms with Crippen LogP contribution in [-0.4, -0.2) is 97.8 Å². The molecule has 2 aromatic carbocycles. The summed E-state index contributed by atoms with van der Waals surface area (Å²) >= 11 is 0. The van der Waals surface area contributed by atoms with Gasteiger partial charge in [-0.15, -0.1) is 0 Å². The van der Waals surface area contributed by atoms with Crippen LogP contribution in [0.1, 0.15) is 39.9 Å². The average molecular weight is 619 g/mol. The number of Topliss-reactive ketones (excluding diaryl/α,β-unsaturated/α-hetero) is 2. The molecule has 0 saturated heterocycles. The first-order chi connectivity index (χ1) is 21.1. The fourth-order valence-electron chi connectivity index (χ4n) is 7.27. The summed E-state index contributed by atoms with van der Waals surface area (Å²) in [7, 11) is 1.66. The molecule has 2 amide bonds. The Balaban J connectivity index is 1.46. The van der Waals surface area contributed by atoms with Crippen LogP contribution in [0.25, 0.3) is 5.76 Å². The van der Waals surface area contributed by atoms with E-state index < -0.39 is 94.4 Å². The Bertz CT molecular complexity index is 1790. The minimum atomic E-state index is -3.03. The number of nitrogens with zero attached hydrogens (tertiary/aromatic N) is 1. The first kappa shape index (κ1) is 30.5. The van der Waals surface area contributed by atoms with Crippen molar-refractivity contribution in [3.63, 3.8) is 0 Å². The molecule has 234 valence electrons. The molecular weight excluding hydrogens is 589 g/mol. The van der Waals surface area contributed by atoms with Gasteiger partial charge in [0.2, 0.25) is 5.78 Å². The number of rotatable bonds is 4. The molecule has 1 heterocycles. The summed E-state index contributed by atoms with van der Waals surface area (Å²) in [5.41, 5.74) is 1.89. The largest absolute Gasteiger partial charge is 0.508 e. The number of aliphatic hydroxyl groups is 4. The van der Waals surface area contributed by atoms with Gasteiger partial charge < -0.3 is 46.3 Å². The third-order valence-corrected chi connectivity index (χ3v) is 9.45. The second-order valence-corrected chi connectivity index (χ2v) is 12.0. The summed E-state index contributed by atoms with van der Waals surface area (Å²) in [6.07, 6.45) is -1.72. The van der Waals surface area contributed by atoms with Crippen LogP contribution in [0.4, 0.5) is 5.69 Å². The topological polar surface area (TPSA) is 240 Å². The third-order valence-electron chi connectivity index (χ3n) is 9.45. The number of aliphatic hydroxyl groups excluding tert-OH is 3. The van der Waals surface area contributed by atoms with E-state index in [2.05, 4.69) is 5.32 Å². The first-order valence-electron chi connectivity index (χ1n) is 14.0. The number of carbonyl (C=O) groups excluding carboxylic acids is 4. The van der Waals surface area contributed by atoms with Crippen molar-refractivity contribution in [2.45, 2.75) is 37.2 Å². The number of likely N-dealkylation sites (N-methyl/N-ethyl adjacent to an activating group) is 1. The molecule has 14 nitrogen and oxygen atoms in total. The standard InChI is InChI=1S/C30H30BN3O11/c1-10-13-6-7-15(33-29(42)11-4-5-12-9-45-31(44)14(12)8-11)22(35)17(13)23(36)18-16(10)24(37)20-21(34(2)3)25(38)19(28(32)41)27(40)30(20,43)26(18)39/h4-8,10,16,20-21,24,35-37,40,43-44H,9H2,1-3H3,(H2,32,41)(H,33,42)/t10-,16+,20+,21-,24-,30-/m0/s1. The zero-order valence-electron chi connectivity index (χ0n) is 24.3. The van der Waals surface area contributed by atoms with Crippen LogP contribution in [0.5, 0.6) is 5.75 Å². The van der Waals surface area contributed by atoms with E-state index in [0.29, 0.717) is 11.0 Å². The fraction of sp³-hybridized carbons (Fsp3) is 0.333. The molecule has 0 unspecified atom stereocenters. The maximum absolute atomic E-state index is 14.1. The molecule has 1 aliphatic heterocycles. The molecule has 0 spiro atoms. The molecule has 0 radical (unpaired) electrons. The van der Waals surface area contributed by atoms with Crippen LogP contribution in [0, 0.1) is 11.8 Å². The fourth-order valence-corrected chi connectivity index (χ4v) is 7.27. The summed E-state index contributed by atoms with van der Waals surface area (Å²) in [5.74, 6) is -10.8. The monoisotopic (exact) mass is 619 g/mol. The van der Waals surface area contributed by atoms with E-state index in [0.717, 1.165) is 0 Å². The van der Waals surface area contributed by atoms with E-state index in [1.807, 2.05) is 0 Å². The number of anilines is 1. The highest BCUT2D eigenvalue weighted by Gasteiger charge is 2.68. The number of phenolic OH excluding ortho intramolecular Hbond substituents is 1. The number of hydrogen-bond acceptors (Lipinski definition) is 12. The van der Waals surface area contributed by atoms with Crippen molar-refractivity contribution in [3.8, 4) is 5.75 Å². The van der Waals surface area contributed by atoms with Crippen molar-refractivity contribution in [2.24, 2.45) is 17.6 Å². The lowest BCUT2D eigenvalue weighted by Crippen LogP contribution is -2.70. The summed E-state index contributed by atoms with van der Waals surface area (Å²) in [4.78, 5) is 54.0. The number of nitrogens with two attached hydrogens (primary N) is 1. The average Bonchev–Trinajstić information content (AvgIpc) is 3.35. The van der Waals surface area contributed by atoms with E-state index >= 15 is 0 Å². The van der Waals surface area contributed by atoms with Gasteiger partial charge in [0.1, 0.15) is 22.8 Å². The summed E-state index contributed by atoms with van der Waals surface area (Å²) in [5, 5.41) is 69.8. The van der Waals surface area contributed by atoms with Gasteiger partial charge in [0.25, 0.3) is 11.8 Å². The molecule has 3 aliphatic carbocycles. The SMILES string of the molecule is C[C@H]1c2ccc(NC(=O)c3ccc4c(c3)B(O)OC4)c(O)c2C(O)=C2C(=O)[C@]3(O)C(O)=C(C(N)=O)C(=O)[C@@H](N(C)C)[C@@H]3[C@@H](O)[C@@H]21. The van der Waals surface area contributed by atoms with Crippen molar-refractivity contribution in [1.82, 2.24) is 4.90 Å². The maximum atomic E-state index is 14.1. The molecule has 2 aromatic rings. The summed E-state index contributed by atoms with van der Waals surface area (Å²) in [6.45, 7) is 1.79. The van der Waals surface area contributed by atoms with Crippen LogP contribution in [-0.2, 0) is 25.6 Å². The predicted octanol–water partition coefficient (Wildman–Crippen LogP) is -1.03. The molecule has 9 N–H and O–H groups in total. The lowest BCUT2D eigenvalue weighted by molar-refractivity contribution is -0.169. The number of amides is 2. The van der Waals surface area contributed by atoms with Crippen molar-refractivity contribution in [3.05, 3.63) is 69.5 Å². The quantitative estimate of drug-likeness (QED) is 0.116. The molecule has 6 rings (SSSR count). The smallest absolute Gasteiger partial charge is 0.491 e. The Kier molecular flexibility index (Phi) is 6.95. The number of ketones is 2. The van der Waals surface area contributed by atoms with Crippen LogP contribution < -0.4 is 16.5 Å². The molecule has 0 bridgehead atoms. The van der Waals surface area contributed by atoms with Gasteiger partial charge in [0.05, 0.1) is 35.9 Å². The van der Waals surface area contributed by atoms with Crippen molar-refractivity contribution < 1.29 is 54.4 Å². The first-order valence-corrected chi connectivity index (χ1v) is 14.0. The second kappa shape index (κ2) is 10.3. The normalized spacial score (nSPS) is 29.0. The van der Waals surface area contributed by atoms with Gasteiger partial charge in [0, 0.05) is 17.1 Å². The highest BCUT2D eigenvalue weighted by atomic mass is 16.5. The second-order valence-electron chi connectivity index (χ2n) is 12.0. The van der Waals surface area contributed by atoms with Gasteiger partial charge in [-0.2, -0.15) is 0 Å². The predicted molar refractivity (Wildman–Crippen MR) is 157 cm³/mol. The zero-order valence-corrected chi connectivity index (χ0v) is 24.3. The molecule has 1 fully saturated rings. The molecule has 0 aromatic heterocycles. The number of aromatic hydroxyl groups is 1. The van der Waals surface area contributed by atoms with Gasteiger partial charge in [-0.3, -0.25) is 24.1 Å². The Labute approximate surface area is 256 Å². The van der Waals surface area contributed by atoms with Crippen LogP contribution in [0.15, 0.2) is 47.2 Å². The Morgan fingerprint density at radius 3 is 2.47 bits per heavy atom. The van der Waals surface area contributed by atoms with Gasteiger partial charge in [-0.1, -0.05) is 19.1 Å². The van der Waals surface area contributed by atoms with E-state index in [4.69, 9.17) is 10.4 Å². The van der Waals surface area contributed by atoms with Crippen molar-refractivity contribution in [2.75, 3.05) is 19.4 Å². The Morgan fingerprint density at radius 2 is 1.82 bits per heavy atom. The Morgan fingerprint density at radius 1 is 1.13 bits per heavy atom. The minimum Gasteiger partial charge on any atom is -0.508 e. The number of fused-ring (bicyclic) bond motifs is 4. The molecule has 1 saturated carbocycles. The molecule has 15 heteroatoms. The van der Waals surface area contributed by atoms with Gasteiger partial charge in [0.15, 0.2) is 11.4 Å². The number of phenols is 1. The van der Waals surface area contributed by atoms with Gasteiger partial charge in [-0.05, 0) is 54.8 Å². The Hall–Kier alpha value is -4.54. The van der Waals surface area contributed by atoms with E-state index in [9.17, 15) is 49.7 Å². The minimum absolute atomic E-state index is 0.139.